The molecule has 0 unspecified atom stereocenters. The van der Waals surface area contributed by atoms with Crippen LogP contribution in [0.15, 0.2) is 48.8 Å². The van der Waals surface area contributed by atoms with Crippen LogP contribution in [0.4, 0.5) is 5.69 Å². The van der Waals surface area contributed by atoms with Crippen LogP contribution < -0.4 is 10.2 Å². The molecule has 1 aromatic heterocycles. The van der Waals surface area contributed by atoms with Crippen molar-refractivity contribution < 1.29 is 5.32 Å². The number of hydrogen-bond donors (Lipinski definition) is 1. The summed E-state index contributed by atoms with van der Waals surface area (Å²) in [4.78, 5) is 6.23. The van der Waals surface area contributed by atoms with Crippen molar-refractivity contribution in [1.29, 1.82) is 0 Å². The Labute approximate surface area is 108 Å². The first kappa shape index (κ1) is 12.6. The number of quaternary nitrogens is 1. The smallest absolute Gasteiger partial charge is 0.103 e. The molecule has 18 heavy (non-hydrogen) atoms. The molecule has 0 bridgehead atoms. The molecule has 0 radical (unpaired) electrons. The van der Waals surface area contributed by atoms with Crippen molar-refractivity contribution in [2.24, 2.45) is 0 Å². The maximum absolute atomic E-state index is 4.12. The van der Waals surface area contributed by atoms with Crippen LogP contribution >= 0.6 is 0 Å². The average molecular weight is 242 g/mol. The normalized spacial score (nSPS) is 10.3. The fourth-order valence-electron chi connectivity index (χ4n) is 1.85. The van der Waals surface area contributed by atoms with Gasteiger partial charge in [-0.15, -0.1) is 0 Å². The molecule has 1 aromatic carbocycles. The van der Waals surface area contributed by atoms with Crippen molar-refractivity contribution in [2.75, 3.05) is 19.0 Å². The Morgan fingerprint density at radius 3 is 2.33 bits per heavy atom. The molecule has 3 heteroatoms. The molecule has 2 rings (SSSR count). The standard InChI is InChI=1S/C15H19N3/c1-18(2)15-7-5-13(6-8-15)10-17-12-14-4-3-9-16-11-14/h3-9,11,17H,10,12H2,1-2H3/p+1. The summed E-state index contributed by atoms with van der Waals surface area (Å²) in [5, 5.41) is 2.29. The highest BCUT2D eigenvalue weighted by Crippen LogP contribution is 2.11. The van der Waals surface area contributed by atoms with Gasteiger partial charge >= 0.3 is 0 Å². The summed E-state index contributed by atoms with van der Waals surface area (Å²) in [6.07, 6.45) is 3.73. The number of nitrogens with zero attached hydrogens (tertiary/aromatic N) is 2. The zero-order valence-corrected chi connectivity index (χ0v) is 11.0. The first-order chi connectivity index (χ1) is 8.75. The zero-order chi connectivity index (χ0) is 12.8. The average Bonchev–Trinajstić information content (AvgIpc) is 2.40. The zero-order valence-electron chi connectivity index (χ0n) is 11.0. The van der Waals surface area contributed by atoms with E-state index in [1.54, 1.807) is 0 Å². The van der Waals surface area contributed by atoms with Crippen molar-refractivity contribution in [3.8, 4) is 0 Å². The minimum absolute atomic E-state index is 0.975. The first-order valence-electron chi connectivity index (χ1n) is 6.22. The van der Waals surface area contributed by atoms with Gasteiger partial charge in [-0.3, -0.25) is 4.98 Å². The first-order valence-corrected chi connectivity index (χ1v) is 6.22. The SMILES string of the molecule is CN(C)c1ccc(C[NH2+]Cc2cccnc2)cc1. The molecule has 0 saturated heterocycles. The summed E-state index contributed by atoms with van der Waals surface area (Å²) in [6, 6.07) is 12.8. The number of rotatable bonds is 5. The highest BCUT2D eigenvalue weighted by Gasteiger charge is 1.99. The Kier molecular flexibility index (Phi) is 4.31. The van der Waals surface area contributed by atoms with E-state index in [-0.39, 0.29) is 0 Å². The van der Waals surface area contributed by atoms with Crippen molar-refractivity contribution in [1.82, 2.24) is 4.98 Å². The lowest BCUT2D eigenvalue weighted by molar-refractivity contribution is -0.686. The van der Waals surface area contributed by atoms with Crippen molar-refractivity contribution in [3.63, 3.8) is 0 Å². The molecule has 2 aromatic rings. The second kappa shape index (κ2) is 6.17. The van der Waals surface area contributed by atoms with E-state index in [1.165, 1.54) is 16.8 Å². The third-order valence-electron chi connectivity index (χ3n) is 2.94. The van der Waals surface area contributed by atoms with Crippen LogP contribution in [0.5, 0.6) is 0 Å². The molecular formula is C15H20N3+. The number of aromatic nitrogens is 1. The molecule has 0 amide bonds. The summed E-state index contributed by atoms with van der Waals surface area (Å²) in [5.74, 6) is 0. The molecule has 0 aliphatic heterocycles. The van der Waals surface area contributed by atoms with Crippen LogP contribution in [0.1, 0.15) is 11.1 Å². The van der Waals surface area contributed by atoms with Gasteiger partial charge in [-0.2, -0.15) is 0 Å². The van der Waals surface area contributed by atoms with Gasteiger partial charge in [0, 0.05) is 43.3 Å². The molecule has 0 saturated carbocycles. The molecule has 0 atom stereocenters. The predicted octanol–water partition coefficient (Wildman–Crippen LogP) is 1.41. The van der Waals surface area contributed by atoms with Crippen LogP contribution in [0.3, 0.4) is 0 Å². The number of pyridine rings is 1. The van der Waals surface area contributed by atoms with E-state index in [0.717, 1.165) is 13.1 Å². The largest absolute Gasteiger partial charge is 0.378 e. The number of benzene rings is 1. The second-order valence-electron chi connectivity index (χ2n) is 4.62. The molecule has 1 heterocycles. The van der Waals surface area contributed by atoms with Gasteiger partial charge in [-0.1, -0.05) is 18.2 Å². The van der Waals surface area contributed by atoms with E-state index in [0.29, 0.717) is 0 Å². The van der Waals surface area contributed by atoms with Crippen LogP contribution in [0.25, 0.3) is 0 Å². The lowest BCUT2D eigenvalue weighted by atomic mass is 10.2. The summed E-state index contributed by atoms with van der Waals surface area (Å²) >= 11 is 0. The highest BCUT2D eigenvalue weighted by atomic mass is 15.1. The summed E-state index contributed by atoms with van der Waals surface area (Å²) in [5.41, 5.74) is 3.86. The molecule has 0 spiro atoms. The van der Waals surface area contributed by atoms with Gasteiger partial charge in [-0.05, 0) is 18.2 Å². The Balaban J connectivity index is 1.83. The molecule has 94 valence electrons. The van der Waals surface area contributed by atoms with Gasteiger partial charge in [-0.25, -0.2) is 0 Å². The third kappa shape index (κ3) is 3.57. The Bertz CT molecular complexity index is 463. The van der Waals surface area contributed by atoms with Gasteiger partial charge in [0.15, 0.2) is 0 Å². The molecule has 3 nitrogen and oxygen atoms in total. The quantitative estimate of drug-likeness (QED) is 0.860. The van der Waals surface area contributed by atoms with E-state index in [2.05, 4.69) is 59.6 Å². The topological polar surface area (TPSA) is 32.7 Å². The van der Waals surface area contributed by atoms with E-state index in [9.17, 15) is 0 Å². The van der Waals surface area contributed by atoms with Crippen LogP contribution in [-0.2, 0) is 13.1 Å². The van der Waals surface area contributed by atoms with Crippen LogP contribution in [-0.4, -0.2) is 19.1 Å². The molecule has 0 aliphatic rings. The number of nitrogens with two attached hydrogens (primary N) is 1. The van der Waals surface area contributed by atoms with E-state index >= 15 is 0 Å². The van der Waals surface area contributed by atoms with E-state index < -0.39 is 0 Å². The fraction of sp³-hybridized carbons (Fsp3) is 0.267. The monoisotopic (exact) mass is 242 g/mol. The Morgan fingerprint density at radius 2 is 1.72 bits per heavy atom. The van der Waals surface area contributed by atoms with Crippen LogP contribution in [0.2, 0.25) is 0 Å². The lowest BCUT2D eigenvalue weighted by Gasteiger charge is -2.12. The van der Waals surface area contributed by atoms with Crippen molar-refractivity contribution in [3.05, 3.63) is 59.9 Å². The third-order valence-corrected chi connectivity index (χ3v) is 2.94. The lowest BCUT2D eigenvalue weighted by Crippen LogP contribution is -2.80. The van der Waals surface area contributed by atoms with Gasteiger partial charge in [0.05, 0.1) is 0 Å². The summed E-state index contributed by atoms with van der Waals surface area (Å²) in [6.45, 7) is 1.98. The predicted molar refractivity (Wildman–Crippen MR) is 74.3 cm³/mol. The molecule has 0 aliphatic carbocycles. The van der Waals surface area contributed by atoms with E-state index in [1.807, 2.05) is 18.5 Å². The van der Waals surface area contributed by atoms with Gasteiger partial charge in [0.2, 0.25) is 0 Å². The maximum Gasteiger partial charge on any atom is 0.103 e. The minimum atomic E-state index is 0.975. The molecule has 0 fully saturated rings. The molecular weight excluding hydrogens is 222 g/mol. The van der Waals surface area contributed by atoms with Gasteiger partial charge < -0.3 is 10.2 Å². The van der Waals surface area contributed by atoms with Crippen molar-refractivity contribution in [2.45, 2.75) is 13.1 Å². The molecule has 2 N–H and O–H groups in total. The Hall–Kier alpha value is -1.87. The summed E-state index contributed by atoms with van der Waals surface area (Å²) in [7, 11) is 4.12. The summed E-state index contributed by atoms with van der Waals surface area (Å²) < 4.78 is 0. The Morgan fingerprint density at radius 1 is 1.00 bits per heavy atom. The minimum Gasteiger partial charge on any atom is -0.378 e. The van der Waals surface area contributed by atoms with Gasteiger partial charge in [0.25, 0.3) is 0 Å². The second-order valence-corrected chi connectivity index (χ2v) is 4.62. The van der Waals surface area contributed by atoms with Crippen LogP contribution in [0, 0.1) is 0 Å². The van der Waals surface area contributed by atoms with Crippen molar-refractivity contribution >= 4 is 5.69 Å². The number of hydrogen-bond acceptors (Lipinski definition) is 2. The highest BCUT2D eigenvalue weighted by molar-refractivity contribution is 5.45. The maximum atomic E-state index is 4.12. The number of anilines is 1. The van der Waals surface area contributed by atoms with Gasteiger partial charge in [0.1, 0.15) is 13.1 Å². The fourth-order valence-corrected chi connectivity index (χ4v) is 1.85. The van der Waals surface area contributed by atoms with E-state index in [4.69, 9.17) is 0 Å².